The third-order valence-electron chi connectivity index (χ3n) is 13.5. The highest BCUT2D eigenvalue weighted by molar-refractivity contribution is 8.07. The number of hydrogen-bond donors (Lipinski definition) is 5. The van der Waals surface area contributed by atoms with Crippen LogP contribution in [-0.2, 0) is 57.2 Å². The maximum atomic E-state index is 15.9. The Morgan fingerprint density at radius 1 is 1.04 bits per heavy atom. The van der Waals surface area contributed by atoms with E-state index in [2.05, 4.69) is 30.2 Å². The van der Waals surface area contributed by atoms with Crippen molar-refractivity contribution in [3.8, 4) is 6.07 Å². The van der Waals surface area contributed by atoms with Crippen molar-refractivity contribution in [3.63, 3.8) is 0 Å². The molecule has 3 saturated heterocycles. The van der Waals surface area contributed by atoms with Crippen molar-refractivity contribution in [2.75, 3.05) is 31.7 Å². The van der Waals surface area contributed by atoms with Crippen LogP contribution < -0.4 is 10.9 Å². The zero-order valence-electron chi connectivity index (χ0n) is 41.7. The number of nitriles is 1. The topological polar surface area (TPSA) is 308 Å². The van der Waals surface area contributed by atoms with Gasteiger partial charge in [-0.15, -0.1) is 0 Å². The summed E-state index contributed by atoms with van der Waals surface area (Å²) in [6, 6.07) is 10.5. The molecule has 8 rings (SSSR count). The number of amides is 1. The lowest BCUT2D eigenvalue weighted by atomic mass is 10.0. The predicted molar refractivity (Wildman–Crippen MR) is 271 cm³/mol. The van der Waals surface area contributed by atoms with E-state index in [1.54, 1.807) is 30.3 Å². The molecule has 1 aromatic carbocycles. The molecule has 7 heterocycles. The van der Waals surface area contributed by atoms with Crippen LogP contribution in [0.25, 0.3) is 22.2 Å². The van der Waals surface area contributed by atoms with Crippen LogP contribution in [0.1, 0.15) is 84.6 Å². The van der Waals surface area contributed by atoms with E-state index >= 15 is 4.39 Å². The van der Waals surface area contributed by atoms with Gasteiger partial charge in [-0.3, -0.25) is 23.2 Å². The highest BCUT2D eigenvalue weighted by Gasteiger charge is 2.65. The van der Waals surface area contributed by atoms with Crippen LogP contribution in [0.4, 0.5) is 10.2 Å². The second-order valence-corrected chi connectivity index (χ2v) is 31.7. The number of benzene rings is 1. The number of nitrogens with one attached hydrogen (secondary N) is 2. The molecule has 3 fully saturated rings. The van der Waals surface area contributed by atoms with Gasteiger partial charge in [-0.1, -0.05) is 73.6 Å². The number of nitrogens with zero attached hydrogens (tertiary/aromatic N) is 7. The summed E-state index contributed by atoms with van der Waals surface area (Å²) in [5, 5.41) is 23.1. The maximum Gasteiger partial charge on any atom is 0.335 e. The van der Waals surface area contributed by atoms with Gasteiger partial charge in [-0.05, 0) is 46.1 Å². The number of aliphatic hydroxyl groups is 1. The highest BCUT2D eigenvalue weighted by Crippen LogP contribution is 2.58. The van der Waals surface area contributed by atoms with Gasteiger partial charge in [-0.2, -0.15) is 5.26 Å². The zero-order valence-corrected chi connectivity index (χ0v) is 46.4. The average molecular weight is 1120 g/mol. The van der Waals surface area contributed by atoms with Gasteiger partial charge in [0.1, 0.15) is 47.8 Å². The number of ether oxygens (including phenoxy) is 3. The first-order valence-corrected chi connectivity index (χ1v) is 31.7. The molecule has 1 amide bonds. The monoisotopic (exact) mass is 1120 g/mol. The number of hydrogen-bond acceptors (Lipinski definition) is 20. The molecule has 3 aliphatic rings. The van der Waals surface area contributed by atoms with Crippen molar-refractivity contribution in [3.05, 3.63) is 77.2 Å². The molecule has 402 valence electrons. The molecule has 5 N–H and O–H groups in total. The van der Waals surface area contributed by atoms with Crippen molar-refractivity contribution in [2.45, 2.75) is 133 Å². The van der Waals surface area contributed by atoms with E-state index < -0.39 is 117 Å². The number of aromatic nitrogens is 7. The largest absolute Gasteiger partial charge is 0.414 e. The summed E-state index contributed by atoms with van der Waals surface area (Å²) < 4.78 is 90.1. The molecule has 0 saturated carbocycles. The van der Waals surface area contributed by atoms with Crippen LogP contribution in [-0.4, -0.2) is 134 Å². The van der Waals surface area contributed by atoms with E-state index in [0.717, 1.165) is 12.5 Å². The summed E-state index contributed by atoms with van der Waals surface area (Å²) in [6.07, 6.45) is -4.60. The Balaban J connectivity index is 1.17. The average Bonchev–Trinajstić information content (AvgIpc) is 4.17. The molecule has 4 aromatic heterocycles. The Morgan fingerprint density at radius 2 is 1.76 bits per heavy atom. The molecule has 3 aliphatic heterocycles. The maximum absolute atomic E-state index is 15.9. The van der Waals surface area contributed by atoms with Crippen molar-refractivity contribution in [2.24, 2.45) is 0 Å². The molecular formula is C44H60FN9O15P2SSi2. The number of carbonyl (C=O) groups excluding carboxylic acids is 1. The molecule has 24 nitrogen and oxygen atoms in total. The smallest absolute Gasteiger partial charge is 0.335 e. The van der Waals surface area contributed by atoms with Crippen LogP contribution in [0.2, 0.25) is 22.2 Å². The number of halogens is 1. The van der Waals surface area contributed by atoms with Crippen LogP contribution in [0.3, 0.4) is 0 Å². The van der Waals surface area contributed by atoms with E-state index in [1.807, 2.05) is 61.5 Å². The molecule has 74 heavy (non-hydrogen) atoms. The molecule has 0 spiro atoms. The summed E-state index contributed by atoms with van der Waals surface area (Å²) in [7, 11) is -11.0. The number of anilines is 1. The van der Waals surface area contributed by atoms with Gasteiger partial charge >= 0.3 is 32.1 Å². The Bertz CT molecular complexity index is 2990. The number of fused-ring (bicyclic) bond motifs is 4. The fourth-order valence-corrected chi connectivity index (χ4v) is 22.3. The number of carbonyl (C=O) groups is 1. The van der Waals surface area contributed by atoms with Gasteiger partial charge in [0.05, 0.1) is 51.6 Å². The van der Waals surface area contributed by atoms with E-state index in [9.17, 15) is 34.2 Å². The minimum atomic E-state index is -4.32. The summed E-state index contributed by atoms with van der Waals surface area (Å²) in [5.74, 6) is -1.31. The molecule has 5 aromatic rings. The molecule has 30 heteroatoms. The van der Waals surface area contributed by atoms with Crippen LogP contribution in [0, 0.1) is 17.1 Å². The van der Waals surface area contributed by atoms with Gasteiger partial charge in [-0.25, -0.2) is 24.3 Å². The van der Waals surface area contributed by atoms with Crippen molar-refractivity contribution in [1.29, 1.82) is 5.26 Å². The van der Waals surface area contributed by atoms with Gasteiger partial charge in [0.25, 0.3) is 11.5 Å². The first-order chi connectivity index (χ1) is 35.1. The third kappa shape index (κ3) is 10.7. The van der Waals surface area contributed by atoms with Crippen molar-refractivity contribution >= 4 is 77.8 Å². The molecule has 0 radical (unpaired) electrons. The van der Waals surface area contributed by atoms with Crippen LogP contribution in [0.5, 0.6) is 0 Å². The van der Waals surface area contributed by atoms with Gasteiger partial charge in [0, 0.05) is 11.8 Å². The molecule has 2 unspecified atom stereocenters. The first-order valence-electron chi connectivity index (χ1n) is 23.9. The SMILES string of the molecule is CC(C)[Si](O)(O[Si](O[C@H]1[C@@H](OP(=S)(OCCC#N)OC[C@@]23CO[C@@H]([C@H](n4cnc5c(NC(=O)c6ccccc6)ncnc54)O2)[C@@H]3O[PH](=O)O)[C@H](n2cc(F)c3c(=O)[nH]cnc32)O[C@@H]1CO)(C(C)C)C(C)C)C(C)C. The number of aromatic amines is 1. The summed E-state index contributed by atoms with van der Waals surface area (Å²) >= 11 is 6.18. The van der Waals surface area contributed by atoms with Gasteiger partial charge in [0.15, 0.2) is 40.9 Å². The lowest BCUT2D eigenvalue weighted by molar-refractivity contribution is -0.183. The van der Waals surface area contributed by atoms with Crippen LogP contribution >= 0.6 is 15.0 Å². The Labute approximate surface area is 432 Å². The quantitative estimate of drug-likeness (QED) is 0.0295. The van der Waals surface area contributed by atoms with E-state index in [4.69, 9.17) is 52.7 Å². The fourth-order valence-electron chi connectivity index (χ4n) is 9.69. The first kappa shape index (κ1) is 56.1. The standard InChI is InChI=1S/C44H60FN9O15P2SSi2/c1-24(2)73(60,25(3)4)69-74(26(5)6,27(7)8)68-33-30(18-55)64-42(53-17-29(45)31-38(53)48-22-50-41(31)57)34(33)67-71(72,62-16-12-15-46)63-20-44-19-61-35(36(44)66-70(58)59)43(65-44)54-23-51-32-37(47-21-49-39(32)54)52-40(56)28-13-10-9-11-14-28/h9-11,13-14,17,21-27,30,33-36,42-43,55,60,70H,12,16,18-20H2,1-8H3,(H,58,59)(H,48,50,57)(H,47,49,52,56)/t30-,33-,34-,35-,36+,42-,43-,44-,71?/m1/s1. The third-order valence-corrected chi connectivity index (χ3v) is 26.0. The Kier molecular flexibility index (Phi) is 17.0. The number of rotatable bonds is 23. The lowest BCUT2D eigenvalue weighted by Crippen LogP contribution is -2.62. The zero-order chi connectivity index (χ0) is 53.5. The molecular weight excluding hydrogens is 1060 g/mol. The number of aliphatic hydroxyl groups excluding tert-OH is 1. The lowest BCUT2D eigenvalue weighted by Gasteiger charge is -2.47. The number of imidazole rings is 1. The second-order valence-electron chi connectivity index (χ2n) is 19.4. The Morgan fingerprint density at radius 3 is 2.41 bits per heavy atom. The minimum absolute atomic E-state index is 0.0919. The van der Waals surface area contributed by atoms with Crippen molar-refractivity contribution in [1.82, 2.24) is 34.1 Å². The van der Waals surface area contributed by atoms with Gasteiger partial charge < -0.3 is 66.0 Å². The minimum Gasteiger partial charge on any atom is -0.414 e. The van der Waals surface area contributed by atoms with Gasteiger partial charge in [0.2, 0.25) is 0 Å². The fraction of sp³-hybridized carbons (Fsp3) is 0.568. The van der Waals surface area contributed by atoms with E-state index in [0.29, 0.717) is 5.56 Å². The summed E-state index contributed by atoms with van der Waals surface area (Å²) in [6.45, 7) is 9.00. The highest BCUT2D eigenvalue weighted by atomic mass is 32.5. The normalized spacial score (nSPS) is 25.5. The van der Waals surface area contributed by atoms with E-state index in [-0.39, 0.29) is 64.4 Å². The Hall–Kier alpha value is -4.09. The van der Waals surface area contributed by atoms with Crippen LogP contribution in [0.15, 0.2) is 60.3 Å². The predicted octanol–water partition coefficient (Wildman–Crippen LogP) is 5.75. The van der Waals surface area contributed by atoms with Crippen molar-refractivity contribution < 1.29 is 69.4 Å². The molecule has 2 bridgehead atoms. The second kappa shape index (κ2) is 22.5. The van der Waals surface area contributed by atoms with E-state index in [1.165, 1.54) is 21.8 Å². The molecule has 0 aliphatic carbocycles. The summed E-state index contributed by atoms with van der Waals surface area (Å²) in [5.41, 5.74) is -3.15. The molecule has 10 atom stereocenters. The summed E-state index contributed by atoms with van der Waals surface area (Å²) in [4.78, 5) is 68.5. The number of H-pyrrole nitrogens is 1.